The van der Waals surface area contributed by atoms with E-state index in [1.165, 1.54) is 32.8 Å². The Morgan fingerprint density at radius 1 is 1.05 bits per heavy atom. The Bertz CT molecular complexity index is 354. The number of methoxy groups -OCH3 is 1. The quantitative estimate of drug-likeness (QED) is 0.750. The number of hydrogen-bond donors (Lipinski definition) is 0. The van der Waals surface area contributed by atoms with Gasteiger partial charge in [0, 0.05) is 13.0 Å². The molecular formula is C17H28O4. The summed E-state index contributed by atoms with van der Waals surface area (Å²) in [6, 6.07) is 0. The molecule has 4 nitrogen and oxygen atoms in total. The van der Waals surface area contributed by atoms with E-state index in [9.17, 15) is 4.79 Å². The molecule has 4 heteroatoms. The third kappa shape index (κ3) is 3.59. The first-order chi connectivity index (χ1) is 10.2. The first-order valence-corrected chi connectivity index (χ1v) is 8.58. The minimum Gasteiger partial charge on any atom is -0.469 e. The zero-order chi connectivity index (χ0) is 14.7. The Hall–Kier alpha value is -0.610. The fraction of sp³-hybridized carbons (Fsp3) is 0.941. The van der Waals surface area contributed by atoms with Gasteiger partial charge in [-0.3, -0.25) is 4.79 Å². The van der Waals surface area contributed by atoms with Gasteiger partial charge >= 0.3 is 5.97 Å². The van der Waals surface area contributed by atoms with Crippen LogP contribution in [-0.4, -0.2) is 37.5 Å². The summed E-state index contributed by atoms with van der Waals surface area (Å²) in [6.45, 7) is 0.849. The maximum absolute atomic E-state index is 11.6. The lowest BCUT2D eigenvalue weighted by atomic mass is 9.86. The summed E-state index contributed by atoms with van der Waals surface area (Å²) >= 11 is 0. The summed E-state index contributed by atoms with van der Waals surface area (Å²) in [5.41, 5.74) is 0.131. The zero-order valence-corrected chi connectivity index (χ0v) is 13.1. The van der Waals surface area contributed by atoms with Crippen molar-refractivity contribution in [3.8, 4) is 0 Å². The lowest BCUT2D eigenvalue weighted by Gasteiger charge is -2.40. The molecule has 0 bridgehead atoms. The van der Waals surface area contributed by atoms with Crippen LogP contribution in [0.15, 0.2) is 0 Å². The fourth-order valence-electron chi connectivity index (χ4n) is 4.34. The van der Waals surface area contributed by atoms with Crippen molar-refractivity contribution in [2.45, 2.75) is 82.0 Å². The molecular weight excluding hydrogens is 268 g/mol. The largest absolute Gasteiger partial charge is 0.469 e. The summed E-state index contributed by atoms with van der Waals surface area (Å²) in [7, 11) is 1.48. The topological polar surface area (TPSA) is 44.8 Å². The summed E-state index contributed by atoms with van der Waals surface area (Å²) in [6.07, 6.45) is 11.6. The van der Waals surface area contributed by atoms with Crippen LogP contribution in [0.3, 0.4) is 0 Å². The van der Waals surface area contributed by atoms with Gasteiger partial charge in [0.15, 0.2) is 0 Å². The summed E-state index contributed by atoms with van der Waals surface area (Å²) in [4.78, 5) is 11.6. The number of ether oxygens (including phenoxy) is 3. The molecule has 1 heterocycles. The first kappa shape index (κ1) is 15.3. The Morgan fingerprint density at radius 2 is 1.76 bits per heavy atom. The number of carbonyl (C=O) groups is 1. The van der Waals surface area contributed by atoms with E-state index in [0.717, 1.165) is 45.1 Å². The summed E-state index contributed by atoms with van der Waals surface area (Å²) in [5.74, 6) is 0.0372. The second-order valence-corrected chi connectivity index (χ2v) is 6.99. The molecule has 2 aliphatic carbocycles. The minimum absolute atomic E-state index is 0.0515. The maximum atomic E-state index is 11.6. The van der Waals surface area contributed by atoms with E-state index >= 15 is 0 Å². The van der Waals surface area contributed by atoms with Gasteiger partial charge in [0.1, 0.15) is 0 Å². The van der Waals surface area contributed by atoms with Gasteiger partial charge in [-0.15, -0.1) is 0 Å². The Balaban J connectivity index is 1.46. The normalized spacial score (nSPS) is 35.8. The van der Waals surface area contributed by atoms with Gasteiger partial charge in [-0.1, -0.05) is 12.8 Å². The van der Waals surface area contributed by atoms with Gasteiger partial charge in [0.2, 0.25) is 0 Å². The molecule has 0 N–H and O–H groups in total. The molecule has 2 saturated carbocycles. The molecule has 120 valence electrons. The molecule has 0 aromatic rings. The van der Waals surface area contributed by atoms with Gasteiger partial charge < -0.3 is 14.2 Å². The van der Waals surface area contributed by atoms with Gasteiger partial charge in [-0.2, -0.15) is 0 Å². The van der Waals surface area contributed by atoms with Crippen LogP contribution in [0.25, 0.3) is 0 Å². The number of hydrogen-bond acceptors (Lipinski definition) is 4. The average Bonchev–Trinajstić information content (AvgIpc) is 2.95. The lowest BCUT2D eigenvalue weighted by molar-refractivity contribution is -0.156. The molecule has 1 unspecified atom stereocenters. The van der Waals surface area contributed by atoms with Crippen LogP contribution in [0.2, 0.25) is 0 Å². The zero-order valence-electron chi connectivity index (χ0n) is 13.1. The van der Waals surface area contributed by atoms with E-state index in [1.54, 1.807) is 0 Å². The molecule has 1 spiro atoms. The molecule has 3 fully saturated rings. The second-order valence-electron chi connectivity index (χ2n) is 6.99. The van der Waals surface area contributed by atoms with E-state index in [-0.39, 0.29) is 17.5 Å². The van der Waals surface area contributed by atoms with Crippen LogP contribution in [0.5, 0.6) is 0 Å². The molecule has 21 heavy (non-hydrogen) atoms. The standard InChI is InChI=1S/C17H28O4/c1-19-16(18)13-4-6-14(7-5-13)21-15-8-11-20-17(12-15)9-2-3-10-17/h13-15H,2-12H2,1H3. The summed E-state index contributed by atoms with van der Waals surface area (Å²) in [5, 5.41) is 0. The smallest absolute Gasteiger partial charge is 0.308 e. The fourth-order valence-corrected chi connectivity index (χ4v) is 4.34. The molecule has 1 atom stereocenters. The second kappa shape index (κ2) is 6.66. The van der Waals surface area contributed by atoms with Gasteiger partial charge in [0.25, 0.3) is 0 Å². The van der Waals surface area contributed by atoms with Gasteiger partial charge in [-0.25, -0.2) is 0 Å². The highest BCUT2D eigenvalue weighted by Crippen LogP contribution is 2.41. The number of carbonyl (C=O) groups excluding carboxylic acids is 1. The molecule has 0 aromatic carbocycles. The van der Waals surface area contributed by atoms with Crippen molar-refractivity contribution < 1.29 is 19.0 Å². The van der Waals surface area contributed by atoms with Crippen LogP contribution in [0.4, 0.5) is 0 Å². The molecule has 0 amide bonds. The third-order valence-electron chi connectivity index (χ3n) is 5.56. The molecule has 0 radical (unpaired) electrons. The first-order valence-electron chi connectivity index (χ1n) is 8.58. The van der Waals surface area contributed by atoms with Gasteiger partial charge in [-0.05, 0) is 44.9 Å². The van der Waals surface area contributed by atoms with E-state index in [0.29, 0.717) is 12.2 Å². The minimum atomic E-state index is -0.0515. The number of esters is 1. The van der Waals surface area contributed by atoms with E-state index in [1.807, 2.05) is 0 Å². The highest BCUT2D eigenvalue weighted by Gasteiger charge is 2.41. The SMILES string of the molecule is COC(=O)C1CCC(OC2CCOC3(CCCC3)C2)CC1. The van der Waals surface area contributed by atoms with Crippen molar-refractivity contribution in [2.24, 2.45) is 5.92 Å². The monoisotopic (exact) mass is 296 g/mol. The van der Waals surface area contributed by atoms with Crippen molar-refractivity contribution in [1.29, 1.82) is 0 Å². The van der Waals surface area contributed by atoms with Crippen LogP contribution >= 0.6 is 0 Å². The average molecular weight is 296 g/mol. The Kier molecular flexibility index (Phi) is 4.85. The maximum Gasteiger partial charge on any atom is 0.308 e. The Labute approximate surface area is 127 Å². The van der Waals surface area contributed by atoms with E-state index in [2.05, 4.69) is 0 Å². The van der Waals surface area contributed by atoms with Crippen molar-refractivity contribution in [3.05, 3.63) is 0 Å². The molecule has 3 aliphatic rings. The van der Waals surface area contributed by atoms with Crippen molar-refractivity contribution in [1.82, 2.24) is 0 Å². The highest BCUT2D eigenvalue weighted by molar-refractivity contribution is 5.72. The molecule has 3 rings (SSSR count). The molecule has 1 aliphatic heterocycles. The van der Waals surface area contributed by atoms with E-state index < -0.39 is 0 Å². The van der Waals surface area contributed by atoms with Crippen molar-refractivity contribution >= 4 is 5.97 Å². The van der Waals surface area contributed by atoms with E-state index in [4.69, 9.17) is 14.2 Å². The van der Waals surface area contributed by atoms with Crippen LogP contribution in [0.1, 0.15) is 64.2 Å². The van der Waals surface area contributed by atoms with Crippen LogP contribution < -0.4 is 0 Å². The lowest BCUT2D eigenvalue weighted by Crippen LogP contribution is -2.42. The van der Waals surface area contributed by atoms with Crippen LogP contribution in [-0.2, 0) is 19.0 Å². The van der Waals surface area contributed by atoms with Gasteiger partial charge in [0.05, 0.1) is 30.8 Å². The third-order valence-corrected chi connectivity index (χ3v) is 5.56. The predicted octanol–water partition coefficient (Wildman–Crippen LogP) is 3.23. The summed E-state index contributed by atoms with van der Waals surface area (Å²) < 4.78 is 17.3. The van der Waals surface area contributed by atoms with Crippen molar-refractivity contribution in [3.63, 3.8) is 0 Å². The van der Waals surface area contributed by atoms with Crippen LogP contribution in [0, 0.1) is 5.92 Å². The highest BCUT2D eigenvalue weighted by atomic mass is 16.5. The molecule has 0 aromatic heterocycles. The predicted molar refractivity (Wildman–Crippen MR) is 79.0 cm³/mol. The van der Waals surface area contributed by atoms with Crippen molar-refractivity contribution in [2.75, 3.05) is 13.7 Å². The number of rotatable bonds is 3. The molecule has 1 saturated heterocycles. The Morgan fingerprint density at radius 3 is 2.43 bits per heavy atom.